The van der Waals surface area contributed by atoms with Crippen LogP contribution < -0.4 is 15.8 Å². The first-order chi connectivity index (χ1) is 16.0. The number of ether oxygens (including phenoxy) is 1. The van der Waals surface area contributed by atoms with Gasteiger partial charge >= 0.3 is 12.0 Å². The highest BCUT2D eigenvalue weighted by Crippen LogP contribution is 2.40. The smallest absolute Gasteiger partial charge is 0.328 e. The van der Waals surface area contributed by atoms with Crippen LogP contribution >= 0.6 is 0 Å². The first-order valence-corrected chi connectivity index (χ1v) is 10.3. The number of nitrogens with zero attached hydrogens (tertiary/aromatic N) is 4. The van der Waals surface area contributed by atoms with E-state index in [0.717, 1.165) is 35.0 Å². The van der Waals surface area contributed by atoms with Crippen molar-refractivity contribution in [3.05, 3.63) is 59.3 Å². The molecule has 0 amide bonds. The Morgan fingerprint density at radius 2 is 2.06 bits per heavy atom. The van der Waals surface area contributed by atoms with Gasteiger partial charge in [0.15, 0.2) is 0 Å². The maximum atomic E-state index is 11.2. The third-order valence-electron chi connectivity index (χ3n) is 5.59. The van der Waals surface area contributed by atoms with Gasteiger partial charge in [0, 0.05) is 28.2 Å². The first-order valence-electron chi connectivity index (χ1n) is 10.3. The molecular formula is C23H19N7O3. The molecule has 1 unspecified atom stereocenters. The number of nitrogen functional groups attached to an aromatic ring is 1. The van der Waals surface area contributed by atoms with Gasteiger partial charge in [-0.3, -0.25) is 4.79 Å². The van der Waals surface area contributed by atoms with Gasteiger partial charge in [-0.1, -0.05) is 0 Å². The van der Waals surface area contributed by atoms with Gasteiger partial charge in [0.05, 0.1) is 18.1 Å². The summed E-state index contributed by atoms with van der Waals surface area (Å²) in [6.45, 7) is 0. The third kappa shape index (κ3) is 4.12. The topological polar surface area (TPSA) is 163 Å². The largest absolute Gasteiger partial charge is 0.481 e. The number of hydrogen-bond acceptors (Lipinski definition) is 8. The number of carboxylic acids is 1. The number of aromatic nitrogens is 4. The molecule has 4 aromatic rings. The van der Waals surface area contributed by atoms with E-state index in [1.165, 1.54) is 0 Å². The molecule has 5 rings (SSSR count). The maximum Gasteiger partial charge on any atom is 0.328 e. The van der Waals surface area contributed by atoms with E-state index in [1.54, 1.807) is 30.3 Å². The number of hydrogen-bond donors (Lipinski definition) is 4. The first kappa shape index (κ1) is 20.3. The summed E-state index contributed by atoms with van der Waals surface area (Å²) in [6, 6.07) is 14.5. The minimum Gasteiger partial charge on any atom is -0.481 e. The predicted octanol–water partition coefficient (Wildman–Crippen LogP) is 3.85. The van der Waals surface area contributed by atoms with E-state index < -0.39 is 5.97 Å². The molecule has 0 bridgehead atoms. The van der Waals surface area contributed by atoms with Crippen molar-refractivity contribution in [3.8, 4) is 17.8 Å². The van der Waals surface area contributed by atoms with Crippen molar-refractivity contribution in [1.82, 2.24) is 19.9 Å². The summed E-state index contributed by atoms with van der Waals surface area (Å²) in [5, 5.41) is 22.1. The second-order valence-corrected chi connectivity index (χ2v) is 7.77. The molecule has 0 aliphatic heterocycles. The number of H-pyrrole nitrogens is 1. The standard InChI is InChI=1S/C23H19N7O3/c24-11-12-1-4-14(5-2-12)26-22-28-21(25)29-23(30-22)33-15-6-8-18-17(10-15)16-7-3-13(9-19(31)32)20(16)27-18/h1-2,4-6,8,10,13,27H,3,7,9H2,(H,31,32)(H3,25,26,28,29,30). The summed E-state index contributed by atoms with van der Waals surface area (Å²) >= 11 is 0. The van der Waals surface area contributed by atoms with Gasteiger partial charge in [-0.25, -0.2) is 0 Å². The average molecular weight is 441 g/mol. The second-order valence-electron chi connectivity index (χ2n) is 7.77. The number of carboxylic acid groups (broad SMARTS) is 1. The van der Waals surface area contributed by atoms with Crippen LogP contribution in [0.15, 0.2) is 42.5 Å². The van der Waals surface area contributed by atoms with Crippen molar-refractivity contribution >= 4 is 34.5 Å². The highest BCUT2D eigenvalue weighted by Gasteiger charge is 2.28. The molecule has 1 aliphatic rings. The number of anilines is 3. The predicted molar refractivity (Wildman–Crippen MR) is 120 cm³/mol. The van der Waals surface area contributed by atoms with E-state index in [4.69, 9.17) is 20.8 Å². The third-order valence-corrected chi connectivity index (χ3v) is 5.59. The molecule has 0 radical (unpaired) electrons. The maximum absolute atomic E-state index is 11.2. The minimum absolute atomic E-state index is 0.00345. The van der Waals surface area contributed by atoms with Gasteiger partial charge in [-0.15, -0.1) is 0 Å². The van der Waals surface area contributed by atoms with Gasteiger partial charge in [0.25, 0.3) is 0 Å². The van der Waals surface area contributed by atoms with Crippen molar-refractivity contribution in [2.45, 2.75) is 25.2 Å². The Morgan fingerprint density at radius 1 is 1.24 bits per heavy atom. The molecule has 1 atom stereocenters. The number of rotatable bonds is 6. The van der Waals surface area contributed by atoms with Gasteiger partial charge in [0.1, 0.15) is 5.75 Å². The summed E-state index contributed by atoms with van der Waals surface area (Å²) in [5.41, 5.74) is 10.1. The van der Waals surface area contributed by atoms with Gasteiger partial charge < -0.3 is 25.9 Å². The zero-order valence-electron chi connectivity index (χ0n) is 17.4. The van der Waals surface area contributed by atoms with Crippen molar-refractivity contribution in [2.75, 3.05) is 11.1 Å². The van der Waals surface area contributed by atoms with Crippen LogP contribution in [0.4, 0.5) is 17.6 Å². The van der Waals surface area contributed by atoms with Crippen molar-refractivity contribution < 1.29 is 14.6 Å². The molecule has 0 saturated carbocycles. The van der Waals surface area contributed by atoms with Crippen LogP contribution in [-0.2, 0) is 11.2 Å². The highest BCUT2D eigenvalue weighted by atomic mass is 16.5. The quantitative estimate of drug-likeness (QED) is 0.348. The van der Waals surface area contributed by atoms with Crippen LogP contribution in [0, 0.1) is 11.3 Å². The lowest BCUT2D eigenvalue weighted by Crippen LogP contribution is -2.05. The molecule has 33 heavy (non-hydrogen) atoms. The van der Waals surface area contributed by atoms with E-state index >= 15 is 0 Å². The number of carbonyl (C=O) groups is 1. The number of fused-ring (bicyclic) bond motifs is 3. The summed E-state index contributed by atoms with van der Waals surface area (Å²) in [5.74, 6) is -0.0682. The molecule has 2 aromatic carbocycles. The zero-order chi connectivity index (χ0) is 22.9. The van der Waals surface area contributed by atoms with Crippen molar-refractivity contribution in [2.24, 2.45) is 0 Å². The van der Waals surface area contributed by atoms with Crippen LogP contribution in [-0.4, -0.2) is 31.0 Å². The molecule has 10 heteroatoms. The lowest BCUT2D eigenvalue weighted by Gasteiger charge is -2.08. The number of nitrogens with one attached hydrogen (secondary N) is 2. The Labute approximate surface area is 188 Å². The monoisotopic (exact) mass is 441 g/mol. The molecule has 1 aliphatic carbocycles. The molecular weight excluding hydrogens is 422 g/mol. The van der Waals surface area contributed by atoms with E-state index in [0.29, 0.717) is 17.0 Å². The molecule has 2 heterocycles. The van der Waals surface area contributed by atoms with Crippen LogP contribution in [0.5, 0.6) is 11.8 Å². The van der Waals surface area contributed by atoms with Crippen LogP contribution in [0.1, 0.15) is 35.6 Å². The number of aromatic amines is 1. The number of benzene rings is 2. The van der Waals surface area contributed by atoms with Crippen LogP contribution in [0.25, 0.3) is 10.9 Å². The Hall–Kier alpha value is -4.65. The van der Waals surface area contributed by atoms with E-state index in [9.17, 15) is 4.79 Å². The van der Waals surface area contributed by atoms with E-state index in [2.05, 4.69) is 31.3 Å². The zero-order valence-corrected chi connectivity index (χ0v) is 17.4. The van der Waals surface area contributed by atoms with Gasteiger partial charge in [0.2, 0.25) is 11.9 Å². The fraction of sp³-hybridized carbons (Fsp3) is 0.174. The van der Waals surface area contributed by atoms with Gasteiger partial charge in [-0.05, 0) is 60.9 Å². The molecule has 0 spiro atoms. The van der Waals surface area contributed by atoms with Crippen LogP contribution in [0.3, 0.4) is 0 Å². The fourth-order valence-corrected chi connectivity index (χ4v) is 4.14. The number of aliphatic carboxylic acids is 1. The SMILES string of the molecule is N#Cc1ccc(Nc2nc(N)nc(Oc3ccc4[nH]c5c(c4c3)CCC5CC(=O)O)n2)cc1. The fourth-order valence-electron chi connectivity index (χ4n) is 4.14. The molecule has 2 aromatic heterocycles. The Bertz CT molecular complexity index is 1410. The van der Waals surface area contributed by atoms with Crippen LogP contribution in [0.2, 0.25) is 0 Å². The summed E-state index contributed by atoms with van der Waals surface area (Å²) in [7, 11) is 0. The Morgan fingerprint density at radius 3 is 2.82 bits per heavy atom. The summed E-state index contributed by atoms with van der Waals surface area (Å²) < 4.78 is 5.87. The molecule has 0 fully saturated rings. The lowest BCUT2D eigenvalue weighted by molar-refractivity contribution is -0.137. The molecule has 164 valence electrons. The normalized spacial score (nSPS) is 14.6. The van der Waals surface area contributed by atoms with Crippen molar-refractivity contribution in [1.29, 1.82) is 5.26 Å². The molecule has 10 nitrogen and oxygen atoms in total. The Balaban J connectivity index is 1.39. The van der Waals surface area contributed by atoms with Crippen molar-refractivity contribution in [3.63, 3.8) is 0 Å². The molecule has 5 N–H and O–H groups in total. The summed E-state index contributed by atoms with van der Waals surface area (Å²) in [4.78, 5) is 26.9. The minimum atomic E-state index is -0.798. The average Bonchev–Trinajstić information content (AvgIpc) is 3.33. The Kier molecular flexibility index (Phi) is 4.99. The number of nitriles is 1. The summed E-state index contributed by atoms with van der Waals surface area (Å²) in [6.07, 6.45) is 1.74. The van der Waals surface area contributed by atoms with Gasteiger partial charge in [-0.2, -0.15) is 20.2 Å². The second kappa shape index (κ2) is 8.12. The number of aryl methyl sites for hydroxylation is 1. The lowest BCUT2D eigenvalue weighted by atomic mass is 10.0. The highest BCUT2D eigenvalue weighted by molar-refractivity contribution is 5.87. The van der Waals surface area contributed by atoms with E-state index in [1.807, 2.05) is 12.1 Å². The van der Waals surface area contributed by atoms with E-state index in [-0.39, 0.29) is 30.2 Å². The number of nitrogens with two attached hydrogens (primary N) is 1. The molecule has 0 saturated heterocycles.